The number of carbonyl (C=O) groups is 1. The molecular weight excluding hydrogens is 420 g/mol. The first kappa shape index (κ1) is 24.3. The summed E-state index contributed by atoms with van der Waals surface area (Å²) in [6, 6.07) is 12.2. The van der Waals surface area contributed by atoms with Gasteiger partial charge in [0.2, 0.25) is 15.9 Å². The standard InChI is InChI=1S/C22H30N2O6S/c1-5-30-21-15-17(8-13-20(21)29-3)16-23-22(25)7-6-14-24(31(4,26)27)18-9-11-19(28-2)12-10-18/h8-13,15H,5-7,14,16H2,1-4H3,(H,23,25). The van der Waals surface area contributed by atoms with E-state index in [1.807, 2.05) is 19.1 Å². The van der Waals surface area contributed by atoms with E-state index in [-0.39, 0.29) is 18.9 Å². The van der Waals surface area contributed by atoms with Gasteiger partial charge in [0, 0.05) is 19.5 Å². The maximum atomic E-state index is 12.2. The summed E-state index contributed by atoms with van der Waals surface area (Å²) in [4.78, 5) is 12.2. The second-order valence-electron chi connectivity index (χ2n) is 6.83. The van der Waals surface area contributed by atoms with Crippen molar-refractivity contribution < 1.29 is 27.4 Å². The Bertz CT molecular complexity index is 960. The lowest BCUT2D eigenvalue weighted by atomic mass is 10.2. The zero-order valence-electron chi connectivity index (χ0n) is 18.4. The molecule has 0 fully saturated rings. The van der Waals surface area contributed by atoms with Crippen LogP contribution in [0.4, 0.5) is 5.69 Å². The number of methoxy groups -OCH3 is 2. The van der Waals surface area contributed by atoms with E-state index >= 15 is 0 Å². The number of benzene rings is 2. The molecule has 0 saturated heterocycles. The van der Waals surface area contributed by atoms with E-state index in [9.17, 15) is 13.2 Å². The Balaban J connectivity index is 1.90. The quantitative estimate of drug-likeness (QED) is 0.534. The molecule has 0 unspecified atom stereocenters. The average Bonchev–Trinajstić information content (AvgIpc) is 2.75. The van der Waals surface area contributed by atoms with Crippen molar-refractivity contribution in [3.63, 3.8) is 0 Å². The van der Waals surface area contributed by atoms with E-state index in [2.05, 4.69) is 5.32 Å². The van der Waals surface area contributed by atoms with Gasteiger partial charge in [0.25, 0.3) is 0 Å². The van der Waals surface area contributed by atoms with Crippen LogP contribution < -0.4 is 23.8 Å². The summed E-state index contributed by atoms with van der Waals surface area (Å²) in [6.45, 7) is 2.95. The Hall–Kier alpha value is -2.94. The van der Waals surface area contributed by atoms with Crippen LogP contribution >= 0.6 is 0 Å². The fourth-order valence-corrected chi connectivity index (χ4v) is 3.97. The van der Waals surface area contributed by atoms with Gasteiger partial charge in [-0.25, -0.2) is 8.42 Å². The van der Waals surface area contributed by atoms with Crippen molar-refractivity contribution in [1.82, 2.24) is 5.32 Å². The van der Waals surface area contributed by atoms with Crippen LogP contribution in [0.15, 0.2) is 42.5 Å². The largest absolute Gasteiger partial charge is 0.497 e. The van der Waals surface area contributed by atoms with Gasteiger partial charge in [-0.2, -0.15) is 0 Å². The van der Waals surface area contributed by atoms with Crippen molar-refractivity contribution in [3.05, 3.63) is 48.0 Å². The number of nitrogens with zero attached hydrogens (tertiary/aromatic N) is 1. The average molecular weight is 451 g/mol. The molecule has 170 valence electrons. The Kier molecular flexibility index (Phi) is 8.99. The number of nitrogens with one attached hydrogen (secondary N) is 1. The molecular formula is C22H30N2O6S. The van der Waals surface area contributed by atoms with Gasteiger partial charge in [-0.05, 0) is 55.3 Å². The van der Waals surface area contributed by atoms with E-state index in [4.69, 9.17) is 14.2 Å². The van der Waals surface area contributed by atoms with Crippen LogP contribution in [0.25, 0.3) is 0 Å². The number of hydrogen-bond acceptors (Lipinski definition) is 6. The van der Waals surface area contributed by atoms with Gasteiger partial charge in [-0.3, -0.25) is 9.10 Å². The molecule has 0 aliphatic rings. The molecule has 0 radical (unpaired) electrons. The van der Waals surface area contributed by atoms with Gasteiger partial charge in [-0.15, -0.1) is 0 Å². The van der Waals surface area contributed by atoms with E-state index < -0.39 is 10.0 Å². The molecule has 0 aliphatic carbocycles. The first-order valence-corrected chi connectivity index (χ1v) is 11.8. The molecule has 0 bridgehead atoms. The van der Waals surface area contributed by atoms with Crippen molar-refractivity contribution in [2.24, 2.45) is 0 Å². The number of carbonyl (C=O) groups excluding carboxylic acids is 1. The lowest BCUT2D eigenvalue weighted by molar-refractivity contribution is -0.121. The van der Waals surface area contributed by atoms with Crippen LogP contribution in [0, 0.1) is 0 Å². The maximum absolute atomic E-state index is 12.2. The zero-order valence-corrected chi connectivity index (χ0v) is 19.2. The summed E-state index contributed by atoms with van der Waals surface area (Å²) in [5, 5.41) is 2.85. The first-order chi connectivity index (χ1) is 14.8. The number of amides is 1. The number of sulfonamides is 1. The van der Waals surface area contributed by atoms with E-state index in [1.54, 1.807) is 44.6 Å². The van der Waals surface area contributed by atoms with E-state index in [1.165, 1.54) is 4.31 Å². The van der Waals surface area contributed by atoms with Crippen LogP contribution in [-0.2, 0) is 21.4 Å². The third-order valence-electron chi connectivity index (χ3n) is 4.54. The lowest BCUT2D eigenvalue weighted by Gasteiger charge is -2.22. The third-order valence-corrected chi connectivity index (χ3v) is 5.74. The fourth-order valence-electron chi connectivity index (χ4n) is 3.01. The second kappa shape index (κ2) is 11.5. The molecule has 2 aromatic carbocycles. The molecule has 0 saturated carbocycles. The molecule has 0 spiro atoms. The Labute approximate surface area is 184 Å². The molecule has 1 N–H and O–H groups in total. The van der Waals surface area contributed by atoms with Crippen LogP contribution in [0.2, 0.25) is 0 Å². The predicted molar refractivity (Wildman–Crippen MR) is 120 cm³/mol. The van der Waals surface area contributed by atoms with Gasteiger partial charge in [0.05, 0.1) is 32.8 Å². The van der Waals surface area contributed by atoms with Crippen molar-refractivity contribution >= 4 is 21.6 Å². The van der Waals surface area contributed by atoms with Crippen LogP contribution in [0.5, 0.6) is 17.2 Å². The molecule has 1 amide bonds. The molecule has 0 atom stereocenters. The summed E-state index contributed by atoms with van der Waals surface area (Å²) in [5.74, 6) is 1.75. The highest BCUT2D eigenvalue weighted by atomic mass is 32.2. The molecule has 8 nitrogen and oxygen atoms in total. The molecule has 9 heteroatoms. The highest BCUT2D eigenvalue weighted by Crippen LogP contribution is 2.28. The maximum Gasteiger partial charge on any atom is 0.232 e. The van der Waals surface area contributed by atoms with E-state index in [0.717, 1.165) is 11.8 Å². The highest BCUT2D eigenvalue weighted by molar-refractivity contribution is 7.92. The van der Waals surface area contributed by atoms with Gasteiger partial charge in [0.1, 0.15) is 5.75 Å². The highest BCUT2D eigenvalue weighted by Gasteiger charge is 2.17. The molecule has 31 heavy (non-hydrogen) atoms. The second-order valence-corrected chi connectivity index (χ2v) is 8.74. The van der Waals surface area contributed by atoms with Gasteiger partial charge >= 0.3 is 0 Å². The SMILES string of the molecule is CCOc1cc(CNC(=O)CCCN(c2ccc(OC)cc2)S(C)(=O)=O)ccc1OC. The molecule has 2 rings (SSSR count). The molecule has 0 heterocycles. The summed E-state index contributed by atoms with van der Waals surface area (Å²) in [5.41, 5.74) is 1.42. The van der Waals surface area contributed by atoms with Gasteiger partial charge < -0.3 is 19.5 Å². The topological polar surface area (TPSA) is 94.2 Å². The first-order valence-electron chi connectivity index (χ1n) is 9.96. The van der Waals surface area contributed by atoms with Crippen LogP contribution in [-0.4, -0.2) is 48.0 Å². The lowest BCUT2D eigenvalue weighted by Crippen LogP contribution is -2.32. The normalized spacial score (nSPS) is 11.0. The minimum absolute atomic E-state index is 0.156. The Morgan fingerprint density at radius 2 is 1.74 bits per heavy atom. The summed E-state index contributed by atoms with van der Waals surface area (Å²) in [7, 11) is -0.351. The zero-order chi connectivity index (χ0) is 22.9. The fraction of sp³-hybridized carbons (Fsp3) is 0.409. The van der Waals surface area contributed by atoms with Crippen LogP contribution in [0.3, 0.4) is 0 Å². The summed E-state index contributed by atoms with van der Waals surface area (Å²) in [6.07, 6.45) is 1.74. The van der Waals surface area contributed by atoms with Crippen molar-refractivity contribution in [1.29, 1.82) is 0 Å². The van der Waals surface area contributed by atoms with E-state index in [0.29, 0.717) is 42.5 Å². The smallest absolute Gasteiger partial charge is 0.232 e. The minimum Gasteiger partial charge on any atom is -0.497 e. The number of rotatable bonds is 12. The molecule has 0 aliphatic heterocycles. The monoisotopic (exact) mass is 450 g/mol. The summed E-state index contributed by atoms with van der Waals surface area (Å²) < 4.78 is 41.6. The number of anilines is 1. The van der Waals surface area contributed by atoms with Crippen molar-refractivity contribution in [3.8, 4) is 17.2 Å². The molecule has 2 aromatic rings. The number of hydrogen-bond donors (Lipinski definition) is 1. The third kappa shape index (κ3) is 7.36. The van der Waals surface area contributed by atoms with Crippen molar-refractivity contribution in [2.75, 3.05) is 37.9 Å². The Morgan fingerprint density at radius 1 is 1.03 bits per heavy atom. The van der Waals surface area contributed by atoms with Crippen molar-refractivity contribution in [2.45, 2.75) is 26.3 Å². The predicted octanol–water partition coefficient (Wildman–Crippen LogP) is 2.97. The van der Waals surface area contributed by atoms with Gasteiger partial charge in [0.15, 0.2) is 11.5 Å². The number of ether oxygens (including phenoxy) is 3. The Morgan fingerprint density at radius 3 is 2.32 bits per heavy atom. The minimum atomic E-state index is -3.47. The van der Waals surface area contributed by atoms with Gasteiger partial charge in [-0.1, -0.05) is 6.07 Å². The summed E-state index contributed by atoms with van der Waals surface area (Å²) >= 11 is 0. The molecule has 0 aromatic heterocycles. The van der Waals surface area contributed by atoms with Crippen LogP contribution in [0.1, 0.15) is 25.3 Å².